The van der Waals surface area contributed by atoms with E-state index in [1.54, 1.807) is 12.1 Å². The summed E-state index contributed by atoms with van der Waals surface area (Å²) in [5.74, 6) is -1.14. The van der Waals surface area contributed by atoms with Crippen molar-refractivity contribution in [1.29, 1.82) is 0 Å². The highest BCUT2D eigenvalue weighted by molar-refractivity contribution is 5.96. The summed E-state index contributed by atoms with van der Waals surface area (Å²) < 4.78 is 5.38. The van der Waals surface area contributed by atoms with E-state index in [0.29, 0.717) is 25.4 Å². The van der Waals surface area contributed by atoms with Gasteiger partial charge in [-0.2, -0.15) is 0 Å². The summed E-state index contributed by atoms with van der Waals surface area (Å²) in [5.41, 5.74) is 1.65. The van der Waals surface area contributed by atoms with Crippen LogP contribution in [0.4, 0.5) is 5.69 Å². The van der Waals surface area contributed by atoms with Gasteiger partial charge in [0.1, 0.15) is 6.04 Å². The van der Waals surface area contributed by atoms with E-state index >= 15 is 0 Å². The summed E-state index contributed by atoms with van der Waals surface area (Å²) in [5, 5.41) is 12.2. The first-order valence-electron chi connectivity index (χ1n) is 7.00. The molecule has 1 saturated heterocycles. The Kier molecular flexibility index (Phi) is 4.80. The number of carbonyl (C=O) groups is 2. The fraction of sp³-hybridized carbons (Fsp3) is 0.467. The van der Waals surface area contributed by atoms with Crippen LogP contribution in [0.2, 0.25) is 0 Å². The smallest absolute Gasteiger partial charge is 0.337 e. The van der Waals surface area contributed by atoms with Gasteiger partial charge in [0, 0.05) is 13.1 Å². The zero-order valence-electron chi connectivity index (χ0n) is 12.3. The quantitative estimate of drug-likeness (QED) is 0.866. The Morgan fingerprint density at radius 2 is 2.24 bits per heavy atom. The summed E-state index contributed by atoms with van der Waals surface area (Å²) in [6.07, 6.45) is 0. The van der Waals surface area contributed by atoms with Crippen LogP contribution in [-0.4, -0.2) is 49.3 Å². The molecule has 1 unspecified atom stereocenters. The number of carboxylic acid groups (broad SMARTS) is 1. The number of likely N-dealkylation sites (N-methyl/N-ethyl adjacent to an activating group) is 1. The van der Waals surface area contributed by atoms with Crippen LogP contribution in [0.15, 0.2) is 18.2 Å². The number of ether oxygens (including phenoxy) is 1. The van der Waals surface area contributed by atoms with Crippen molar-refractivity contribution >= 4 is 17.6 Å². The first-order chi connectivity index (χ1) is 10.0. The van der Waals surface area contributed by atoms with Gasteiger partial charge in [-0.3, -0.25) is 4.79 Å². The molecule has 0 radical (unpaired) electrons. The van der Waals surface area contributed by atoms with Crippen LogP contribution >= 0.6 is 0 Å². The van der Waals surface area contributed by atoms with Gasteiger partial charge >= 0.3 is 5.97 Å². The molecule has 6 heteroatoms. The molecule has 1 atom stereocenters. The topological polar surface area (TPSA) is 78.9 Å². The minimum atomic E-state index is -0.991. The molecule has 0 bridgehead atoms. The van der Waals surface area contributed by atoms with Gasteiger partial charge in [-0.1, -0.05) is 11.6 Å². The minimum absolute atomic E-state index is 0.144. The van der Waals surface area contributed by atoms with Crippen LogP contribution < -0.4 is 10.2 Å². The number of nitrogens with one attached hydrogen (secondary N) is 1. The van der Waals surface area contributed by atoms with Crippen molar-refractivity contribution in [3.8, 4) is 0 Å². The molecule has 1 amide bonds. The fourth-order valence-electron chi connectivity index (χ4n) is 2.47. The zero-order valence-corrected chi connectivity index (χ0v) is 12.3. The second-order valence-corrected chi connectivity index (χ2v) is 5.00. The SMILES string of the molecule is CCNC(=O)C1COCCN1c1ccc(C)cc1C(=O)O. The van der Waals surface area contributed by atoms with E-state index < -0.39 is 12.0 Å². The normalized spacial score (nSPS) is 18.4. The number of hydrogen-bond acceptors (Lipinski definition) is 4. The molecule has 0 spiro atoms. The Balaban J connectivity index is 2.37. The van der Waals surface area contributed by atoms with Crippen LogP contribution in [-0.2, 0) is 9.53 Å². The first-order valence-corrected chi connectivity index (χ1v) is 7.00. The van der Waals surface area contributed by atoms with Crippen molar-refractivity contribution in [2.45, 2.75) is 19.9 Å². The predicted octanol–water partition coefficient (Wildman–Crippen LogP) is 1.03. The van der Waals surface area contributed by atoms with E-state index in [1.807, 2.05) is 24.8 Å². The first kappa shape index (κ1) is 15.3. The van der Waals surface area contributed by atoms with Crippen LogP contribution in [0.3, 0.4) is 0 Å². The van der Waals surface area contributed by atoms with E-state index in [4.69, 9.17) is 4.74 Å². The summed E-state index contributed by atoms with van der Waals surface area (Å²) in [6.45, 7) is 5.45. The lowest BCUT2D eigenvalue weighted by Crippen LogP contribution is -2.54. The van der Waals surface area contributed by atoms with Gasteiger partial charge in [0.2, 0.25) is 5.91 Å². The molecule has 2 N–H and O–H groups in total. The summed E-state index contributed by atoms with van der Waals surface area (Å²) in [6, 6.07) is 4.74. The third kappa shape index (κ3) is 3.33. The van der Waals surface area contributed by atoms with Gasteiger partial charge in [0.15, 0.2) is 0 Å². The Hall–Kier alpha value is -2.08. The second kappa shape index (κ2) is 6.58. The Labute approximate surface area is 123 Å². The van der Waals surface area contributed by atoms with Gasteiger partial charge in [-0.15, -0.1) is 0 Å². The van der Waals surface area contributed by atoms with E-state index in [1.165, 1.54) is 0 Å². The molecular formula is C15H20N2O4. The minimum Gasteiger partial charge on any atom is -0.478 e. The largest absolute Gasteiger partial charge is 0.478 e. The zero-order chi connectivity index (χ0) is 15.4. The van der Waals surface area contributed by atoms with Crippen molar-refractivity contribution < 1.29 is 19.4 Å². The Morgan fingerprint density at radius 3 is 2.90 bits per heavy atom. The number of benzene rings is 1. The van der Waals surface area contributed by atoms with Gasteiger partial charge in [-0.25, -0.2) is 4.79 Å². The van der Waals surface area contributed by atoms with E-state index in [-0.39, 0.29) is 18.1 Å². The van der Waals surface area contributed by atoms with Gasteiger partial charge in [-0.05, 0) is 26.0 Å². The predicted molar refractivity (Wildman–Crippen MR) is 78.8 cm³/mol. The summed E-state index contributed by atoms with van der Waals surface area (Å²) in [4.78, 5) is 25.4. The number of anilines is 1. The Bertz CT molecular complexity index is 544. The maximum absolute atomic E-state index is 12.1. The number of aromatic carboxylic acids is 1. The lowest BCUT2D eigenvalue weighted by atomic mass is 10.1. The lowest BCUT2D eigenvalue weighted by molar-refractivity contribution is -0.124. The molecular weight excluding hydrogens is 272 g/mol. The standard InChI is InChI=1S/C15H20N2O4/c1-3-16-14(18)13-9-21-7-6-17(13)12-5-4-10(2)8-11(12)15(19)20/h4-5,8,13H,3,6-7,9H2,1-2H3,(H,16,18)(H,19,20). The highest BCUT2D eigenvalue weighted by Crippen LogP contribution is 2.25. The average Bonchev–Trinajstić information content (AvgIpc) is 2.47. The monoisotopic (exact) mass is 292 g/mol. The van der Waals surface area contributed by atoms with E-state index in [0.717, 1.165) is 5.56 Å². The number of aryl methyl sites for hydroxylation is 1. The average molecular weight is 292 g/mol. The van der Waals surface area contributed by atoms with Gasteiger partial charge in [0.25, 0.3) is 0 Å². The molecule has 0 aliphatic carbocycles. The van der Waals surface area contributed by atoms with Crippen molar-refractivity contribution in [3.05, 3.63) is 29.3 Å². The second-order valence-electron chi connectivity index (χ2n) is 5.00. The van der Waals surface area contributed by atoms with Crippen molar-refractivity contribution in [1.82, 2.24) is 5.32 Å². The number of carbonyl (C=O) groups excluding carboxylic acids is 1. The van der Waals surface area contributed by atoms with Gasteiger partial charge in [0.05, 0.1) is 24.5 Å². The number of hydrogen-bond donors (Lipinski definition) is 2. The van der Waals surface area contributed by atoms with Crippen LogP contribution in [0.25, 0.3) is 0 Å². The molecule has 1 aromatic rings. The maximum atomic E-state index is 12.1. The maximum Gasteiger partial charge on any atom is 0.337 e. The third-order valence-electron chi connectivity index (χ3n) is 3.47. The van der Waals surface area contributed by atoms with E-state index in [9.17, 15) is 14.7 Å². The molecule has 1 aromatic carbocycles. The molecule has 1 fully saturated rings. The summed E-state index contributed by atoms with van der Waals surface area (Å²) >= 11 is 0. The molecule has 0 saturated carbocycles. The van der Waals surface area contributed by atoms with E-state index in [2.05, 4.69) is 5.32 Å². The van der Waals surface area contributed by atoms with Crippen molar-refractivity contribution in [3.63, 3.8) is 0 Å². The number of nitrogens with zero attached hydrogens (tertiary/aromatic N) is 1. The number of morpholine rings is 1. The molecule has 114 valence electrons. The lowest BCUT2D eigenvalue weighted by Gasteiger charge is -2.37. The third-order valence-corrected chi connectivity index (χ3v) is 3.47. The highest BCUT2D eigenvalue weighted by atomic mass is 16.5. The van der Waals surface area contributed by atoms with Crippen LogP contribution in [0.1, 0.15) is 22.8 Å². The molecule has 21 heavy (non-hydrogen) atoms. The molecule has 6 nitrogen and oxygen atoms in total. The molecule has 1 aliphatic heterocycles. The van der Waals surface area contributed by atoms with Crippen molar-refractivity contribution in [2.24, 2.45) is 0 Å². The number of rotatable bonds is 4. The molecule has 2 rings (SSSR count). The molecule has 1 heterocycles. The van der Waals surface area contributed by atoms with Crippen LogP contribution in [0, 0.1) is 6.92 Å². The molecule has 1 aliphatic rings. The molecule has 0 aromatic heterocycles. The number of carboxylic acids is 1. The number of amides is 1. The van der Waals surface area contributed by atoms with Crippen LogP contribution in [0.5, 0.6) is 0 Å². The summed E-state index contributed by atoms with van der Waals surface area (Å²) in [7, 11) is 0. The fourth-order valence-corrected chi connectivity index (χ4v) is 2.47. The highest BCUT2D eigenvalue weighted by Gasteiger charge is 2.31. The van der Waals surface area contributed by atoms with Gasteiger partial charge < -0.3 is 20.1 Å². The van der Waals surface area contributed by atoms with Crippen molar-refractivity contribution in [2.75, 3.05) is 31.2 Å². The Morgan fingerprint density at radius 1 is 1.48 bits per heavy atom.